The molecule has 1 amide bonds. The number of amides is 1. The molecule has 3 aromatic heterocycles. The summed E-state index contributed by atoms with van der Waals surface area (Å²) < 4.78 is 35.2. The number of carbonyl (C=O) groups excluding carboxylic acids is 2. The van der Waals surface area contributed by atoms with Gasteiger partial charge >= 0.3 is 0 Å². The first-order chi connectivity index (χ1) is 38.4. The molecule has 14 nitrogen and oxygen atoms in total. The molecular formula is C64H74N6O8. The van der Waals surface area contributed by atoms with E-state index in [9.17, 15) is 9.59 Å². The summed E-state index contributed by atoms with van der Waals surface area (Å²) in [5.74, 6) is 9.27. The number of likely N-dealkylation sites (tertiary alicyclic amines) is 1. The van der Waals surface area contributed by atoms with Crippen molar-refractivity contribution in [2.75, 3.05) is 91.0 Å². The molecule has 14 heteroatoms. The molecule has 2 aliphatic rings. The van der Waals surface area contributed by atoms with Gasteiger partial charge in [0.1, 0.15) is 29.5 Å². The summed E-state index contributed by atoms with van der Waals surface area (Å²) in [6.45, 7) is 12.6. The number of ether oxygens (including phenoxy) is 5. The number of anilines is 1. The van der Waals surface area contributed by atoms with E-state index >= 15 is 0 Å². The number of unbranched alkanes of at least 4 members (excludes halogenated alkanes) is 2. The van der Waals surface area contributed by atoms with E-state index in [0.717, 1.165) is 95.2 Å². The van der Waals surface area contributed by atoms with Crippen molar-refractivity contribution in [1.82, 2.24) is 25.2 Å². The van der Waals surface area contributed by atoms with Gasteiger partial charge in [-0.05, 0) is 162 Å². The number of fused-ring (bicyclic) bond motifs is 3. The van der Waals surface area contributed by atoms with Gasteiger partial charge < -0.3 is 43.6 Å². The number of carbonyl (C=O) groups is 2. The van der Waals surface area contributed by atoms with Crippen LogP contribution in [0.5, 0.6) is 5.75 Å². The Morgan fingerprint density at radius 3 is 2.27 bits per heavy atom. The number of rotatable bonds is 30. The molecule has 2 N–H and O–H groups in total. The molecule has 1 aliphatic heterocycles. The maximum atomic E-state index is 14.1. The van der Waals surface area contributed by atoms with Crippen LogP contribution in [-0.2, 0) is 43.0 Å². The molecule has 408 valence electrons. The minimum absolute atomic E-state index is 0.00224. The van der Waals surface area contributed by atoms with Crippen molar-refractivity contribution in [2.45, 2.75) is 90.5 Å². The average molecular weight is 1060 g/mol. The fraction of sp³-hybridized carbons (Fsp3) is 0.422. The summed E-state index contributed by atoms with van der Waals surface area (Å²) >= 11 is 0. The normalized spacial score (nSPS) is 14.2. The van der Waals surface area contributed by atoms with Crippen molar-refractivity contribution in [3.63, 3.8) is 0 Å². The maximum Gasteiger partial charge on any atom is 0.220 e. The topological polar surface area (TPSA) is 159 Å². The summed E-state index contributed by atoms with van der Waals surface area (Å²) in [6.07, 6.45) is 13.0. The molecule has 78 heavy (non-hydrogen) atoms. The van der Waals surface area contributed by atoms with Crippen LogP contribution in [0.1, 0.15) is 101 Å². The van der Waals surface area contributed by atoms with E-state index in [1.165, 1.54) is 37.1 Å². The Kier molecular flexibility index (Phi) is 20.8. The van der Waals surface area contributed by atoms with Crippen LogP contribution in [0.4, 0.5) is 5.82 Å². The third kappa shape index (κ3) is 15.8. The van der Waals surface area contributed by atoms with Crippen LogP contribution in [0.15, 0.2) is 108 Å². The zero-order chi connectivity index (χ0) is 53.7. The van der Waals surface area contributed by atoms with Gasteiger partial charge in [0.05, 0.1) is 57.3 Å². The monoisotopic (exact) mass is 1050 g/mol. The van der Waals surface area contributed by atoms with E-state index < -0.39 is 0 Å². The predicted molar refractivity (Wildman–Crippen MR) is 305 cm³/mol. The van der Waals surface area contributed by atoms with Gasteiger partial charge in [-0.1, -0.05) is 48.2 Å². The van der Waals surface area contributed by atoms with Crippen LogP contribution >= 0.6 is 0 Å². The molecule has 0 spiro atoms. The average Bonchev–Trinajstić information content (AvgIpc) is 4.25. The van der Waals surface area contributed by atoms with E-state index in [2.05, 4.69) is 56.6 Å². The number of hydrogen-bond acceptors (Lipinski definition) is 13. The van der Waals surface area contributed by atoms with Crippen molar-refractivity contribution in [3.05, 3.63) is 148 Å². The summed E-state index contributed by atoms with van der Waals surface area (Å²) in [5.41, 5.74) is 9.13. The van der Waals surface area contributed by atoms with Crippen LogP contribution in [0.3, 0.4) is 0 Å². The summed E-state index contributed by atoms with van der Waals surface area (Å²) in [6, 6.07) is 30.1. The lowest BCUT2D eigenvalue weighted by Gasteiger charge is -2.17. The number of furan rings is 1. The number of nitrogens with one attached hydrogen (secondary N) is 2. The largest absolute Gasteiger partial charge is 0.493 e. The van der Waals surface area contributed by atoms with Crippen LogP contribution in [0.2, 0.25) is 0 Å². The zero-order valence-electron chi connectivity index (χ0n) is 45.4. The number of para-hydroxylation sites is 2. The quantitative estimate of drug-likeness (QED) is 0.0249. The van der Waals surface area contributed by atoms with Crippen molar-refractivity contribution in [3.8, 4) is 29.0 Å². The van der Waals surface area contributed by atoms with Gasteiger partial charge in [0.2, 0.25) is 5.91 Å². The highest BCUT2D eigenvalue weighted by molar-refractivity contribution is 6.17. The molecule has 1 saturated heterocycles. The van der Waals surface area contributed by atoms with Gasteiger partial charge in [0.15, 0.2) is 11.6 Å². The highest BCUT2D eigenvalue weighted by Gasteiger charge is 2.25. The summed E-state index contributed by atoms with van der Waals surface area (Å²) in [7, 11) is 0. The summed E-state index contributed by atoms with van der Waals surface area (Å²) in [4.78, 5) is 43.4. The Morgan fingerprint density at radius 1 is 0.731 bits per heavy atom. The SMILES string of the molecule is Cc1cc(C(=O)c2c(CCCC(=O)NCCCCCOCCOCCOCCOCC#Cc3ccc4c(c3)CC(Nc3nc(-c5cccnc5)nc5ccccc35)C4)oc3ccccc23)cc(C)c1OCCCN1CCCC1. The van der Waals surface area contributed by atoms with Gasteiger partial charge in [-0.15, -0.1) is 0 Å². The number of ketones is 1. The van der Waals surface area contributed by atoms with Crippen molar-refractivity contribution < 1.29 is 37.7 Å². The fourth-order valence-corrected chi connectivity index (χ4v) is 10.4. The lowest BCUT2D eigenvalue weighted by atomic mass is 9.95. The number of hydrogen-bond donors (Lipinski definition) is 2. The van der Waals surface area contributed by atoms with Crippen LogP contribution in [0.25, 0.3) is 33.3 Å². The Morgan fingerprint density at radius 2 is 1.47 bits per heavy atom. The molecule has 7 aromatic rings. The van der Waals surface area contributed by atoms with Crippen molar-refractivity contribution in [2.24, 2.45) is 0 Å². The third-order valence-corrected chi connectivity index (χ3v) is 14.3. The van der Waals surface area contributed by atoms with Crippen molar-refractivity contribution in [1.29, 1.82) is 0 Å². The highest BCUT2D eigenvalue weighted by atomic mass is 16.6. The third-order valence-electron chi connectivity index (χ3n) is 14.3. The lowest BCUT2D eigenvalue weighted by molar-refractivity contribution is -0.121. The molecular weight excluding hydrogens is 981 g/mol. The Labute approximate surface area is 459 Å². The Hall–Kier alpha value is -6.99. The van der Waals surface area contributed by atoms with Gasteiger partial charge in [-0.2, -0.15) is 0 Å². The van der Waals surface area contributed by atoms with E-state index in [-0.39, 0.29) is 17.7 Å². The molecule has 4 heterocycles. The van der Waals surface area contributed by atoms with E-state index in [1.807, 2.05) is 80.6 Å². The molecule has 0 saturated carbocycles. The molecule has 9 rings (SSSR count). The second-order valence-corrected chi connectivity index (χ2v) is 20.3. The first-order valence-electron chi connectivity index (χ1n) is 28.0. The highest BCUT2D eigenvalue weighted by Crippen LogP contribution is 2.33. The number of nitrogens with zero attached hydrogens (tertiary/aromatic N) is 4. The second kappa shape index (κ2) is 29.1. The smallest absolute Gasteiger partial charge is 0.220 e. The number of benzene rings is 4. The molecule has 1 unspecified atom stereocenters. The first kappa shape index (κ1) is 55.8. The minimum atomic E-state index is -0.0766. The van der Waals surface area contributed by atoms with Gasteiger partial charge in [0.25, 0.3) is 0 Å². The molecule has 0 bridgehead atoms. The maximum absolute atomic E-state index is 14.1. The minimum Gasteiger partial charge on any atom is -0.493 e. The molecule has 1 atom stereocenters. The Bertz CT molecular complexity index is 3120. The fourth-order valence-electron chi connectivity index (χ4n) is 10.4. The van der Waals surface area contributed by atoms with Crippen LogP contribution < -0.4 is 15.4 Å². The van der Waals surface area contributed by atoms with E-state index in [0.29, 0.717) is 114 Å². The molecule has 0 radical (unpaired) electrons. The van der Waals surface area contributed by atoms with Gasteiger partial charge in [-0.3, -0.25) is 14.6 Å². The standard InChI is InChI=1S/C64H74N6O8/c1-46-40-52(41-47(2)62(46)77-33-15-30-70-28-9-10-29-70)61(72)60-55-19-5-7-21-57(55)78-58(60)22-12-23-59(71)66-27-8-3-11-31-73-34-36-75-38-39-76-37-35-74-32-14-16-48-24-25-49-43-53(44-51(49)42-48)67-64-54-18-4-6-20-56(54)68-63(69-64)50-17-13-26-65-45-50/h4-7,13,17-21,24-26,40-42,45,53H,3,8-12,15,22-23,27-39,43-44H2,1-2H3,(H,66,71)(H,67,68,69). The van der Waals surface area contributed by atoms with E-state index in [1.54, 1.807) is 12.4 Å². The second-order valence-electron chi connectivity index (χ2n) is 20.3. The molecule has 1 aliphatic carbocycles. The number of pyridine rings is 1. The predicted octanol–water partition coefficient (Wildman–Crippen LogP) is 10.5. The van der Waals surface area contributed by atoms with Crippen molar-refractivity contribution >= 4 is 39.4 Å². The summed E-state index contributed by atoms with van der Waals surface area (Å²) in [5, 5.41) is 8.55. The Balaban J connectivity index is 0.574. The van der Waals surface area contributed by atoms with Gasteiger partial charge in [0, 0.05) is 78.4 Å². The number of aromatic nitrogens is 3. The molecule has 1 fully saturated rings. The van der Waals surface area contributed by atoms with E-state index in [4.69, 9.17) is 38.1 Å². The number of aryl methyl sites for hydroxylation is 3. The van der Waals surface area contributed by atoms with Crippen LogP contribution in [0, 0.1) is 25.7 Å². The lowest BCUT2D eigenvalue weighted by Crippen LogP contribution is -2.24. The zero-order valence-corrected chi connectivity index (χ0v) is 45.4. The first-order valence-corrected chi connectivity index (χ1v) is 28.0. The van der Waals surface area contributed by atoms with Gasteiger partial charge in [-0.25, -0.2) is 9.97 Å². The molecule has 4 aromatic carbocycles. The van der Waals surface area contributed by atoms with Crippen LogP contribution in [-0.4, -0.2) is 123 Å².